The number of aromatic nitrogens is 2. The molecule has 3 aromatic rings. The van der Waals surface area contributed by atoms with Gasteiger partial charge in [-0.05, 0) is 6.92 Å². The number of aromatic hydroxyl groups is 1. The number of carbonyl (C=O) groups excluding carboxylic acids is 1. The van der Waals surface area contributed by atoms with E-state index in [1.165, 1.54) is 13.1 Å². The number of rotatable bonds is 4. The maximum absolute atomic E-state index is 12.1. The van der Waals surface area contributed by atoms with Crippen molar-refractivity contribution in [2.75, 3.05) is 0 Å². The van der Waals surface area contributed by atoms with E-state index in [9.17, 15) is 14.7 Å². The molecule has 2 aromatic heterocycles. The van der Waals surface area contributed by atoms with Gasteiger partial charge in [-0.25, -0.2) is 4.98 Å². The number of amides is 1. The number of hydrogen-bond acceptors (Lipinski definition) is 6. The molecule has 3 N–H and O–H groups in total. The molecule has 0 aliphatic carbocycles. The lowest BCUT2D eigenvalue weighted by atomic mass is 10.1. The zero-order chi connectivity index (χ0) is 17.3. The second-order valence-corrected chi connectivity index (χ2v) is 5.13. The van der Waals surface area contributed by atoms with Crippen LogP contribution in [0.3, 0.4) is 0 Å². The van der Waals surface area contributed by atoms with Gasteiger partial charge in [0.1, 0.15) is 11.7 Å². The maximum Gasteiger partial charge on any atom is 0.325 e. The van der Waals surface area contributed by atoms with Gasteiger partial charge in [-0.15, -0.1) is 0 Å². The Kier molecular flexibility index (Phi) is 3.87. The van der Waals surface area contributed by atoms with Gasteiger partial charge >= 0.3 is 5.97 Å². The van der Waals surface area contributed by atoms with Crippen LogP contribution in [0.4, 0.5) is 0 Å². The molecular weight excluding hydrogens is 314 g/mol. The maximum atomic E-state index is 12.1. The molecule has 1 amide bonds. The summed E-state index contributed by atoms with van der Waals surface area (Å²) in [6.45, 7) is 1.31. The molecule has 8 heteroatoms. The standard InChI is InChI=1S/C16H13N3O5/c1-8(16(22)23)18-15(21)13-14(20)11-10(7-17-13)24-19-12(11)9-5-3-2-4-6-9/h2-8,20H,1H3,(H,18,21)(H,22,23)/t8-/m0/s1. The Bertz CT molecular complexity index is 920. The summed E-state index contributed by atoms with van der Waals surface area (Å²) in [6, 6.07) is 7.88. The minimum atomic E-state index is -1.20. The highest BCUT2D eigenvalue weighted by atomic mass is 16.5. The predicted octanol–water partition coefficient (Wildman–Crippen LogP) is 1.80. The molecule has 2 heterocycles. The minimum Gasteiger partial charge on any atom is -0.505 e. The highest BCUT2D eigenvalue weighted by Gasteiger charge is 2.24. The summed E-state index contributed by atoms with van der Waals surface area (Å²) in [6.07, 6.45) is 1.26. The third-order valence-electron chi connectivity index (χ3n) is 3.47. The van der Waals surface area contributed by atoms with Crippen LogP contribution in [-0.2, 0) is 4.79 Å². The van der Waals surface area contributed by atoms with E-state index in [1.54, 1.807) is 24.3 Å². The quantitative estimate of drug-likeness (QED) is 0.667. The summed E-state index contributed by atoms with van der Waals surface area (Å²) in [5.74, 6) is -2.41. The van der Waals surface area contributed by atoms with Gasteiger partial charge in [0.2, 0.25) is 0 Å². The Labute approximate surface area is 135 Å². The second kappa shape index (κ2) is 5.99. The first kappa shape index (κ1) is 15.5. The molecule has 8 nitrogen and oxygen atoms in total. The molecule has 0 aliphatic heterocycles. The van der Waals surface area contributed by atoms with E-state index in [0.717, 1.165) is 0 Å². The lowest BCUT2D eigenvalue weighted by Crippen LogP contribution is -2.38. The number of nitrogens with one attached hydrogen (secondary N) is 1. The molecule has 0 spiro atoms. The topological polar surface area (TPSA) is 126 Å². The van der Waals surface area contributed by atoms with Crippen molar-refractivity contribution in [1.82, 2.24) is 15.5 Å². The van der Waals surface area contributed by atoms with E-state index in [1.807, 2.05) is 6.07 Å². The predicted molar refractivity (Wildman–Crippen MR) is 83.5 cm³/mol. The molecule has 122 valence electrons. The van der Waals surface area contributed by atoms with Gasteiger partial charge in [0, 0.05) is 5.56 Å². The van der Waals surface area contributed by atoms with E-state index < -0.39 is 23.7 Å². The first-order chi connectivity index (χ1) is 11.5. The number of aliphatic carboxylic acids is 1. The van der Waals surface area contributed by atoms with Crippen molar-refractivity contribution < 1.29 is 24.3 Å². The summed E-state index contributed by atoms with van der Waals surface area (Å²) >= 11 is 0. The van der Waals surface area contributed by atoms with Crippen molar-refractivity contribution in [1.29, 1.82) is 0 Å². The Balaban J connectivity index is 2.07. The highest BCUT2D eigenvalue weighted by molar-refractivity contribution is 6.05. The molecule has 0 fully saturated rings. The molecule has 3 rings (SSSR count). The van der Waals surface area contributed by atoms with Crippen molar-refractivity contribution in [3.8, 4) is 17.0 Å². The molecule has 0 saturated heterocycles. The normalized spacial score (nSPS) is 12.0. The Morgan fingerprint density at radius 3 is 2.62 bits per heavy atom. The molecule has 1 aromatic carbocycles. The zero-order valence-corrected chi connectivity index (χ0v) is 12.6. The van der Waals surface area contributed by atoms with Crippen molar-refractivity contribution in [3.05, 3.63) is 42.2 Å². The van der Waals surface area contributed by atoms with Crippen LogP contribution in [0.2, 0.25) is 0 Å². The van der Waals surface area contributed by atoms with Crippen LogP contribution in [0.1, 0.15) is 17.4 Å². The van der Waals surface area contributed by atoms with Gasteiger partial charge in [0.25, 0.3) is 5.91 Å². The van der Waals surface area contributed by atoms with Gasteiger partial charge in [-0.2, -0.15) is 0 Å². The van der Waals surface area contributed by atoms with Gasteiger partial charge in [0.05, 0.1) is 11.6 Å². The Hall–Kier alpha value is -3.42. The second-order valence-electron chi connectivity index (χ2n) is 5.13. The van der Waals surface area contributed by atoms with Crippen LogP contribution in [0.25, 0.3) is 22.2 Å². The molecule has 24 heavy (non-hydrogen) atoms. The monoisotopic (exact) mass is 327 g/mol. The van der Waals surface area contributed by atoms with Gasteiger partial charge < -0.3 is 20.1 Å². The van der Waals surface area contributed by atoms with Gasteiger partial charge in [0.15, 0.2) is 17.0 Å². The average molecular weight is 327 g/mol. The summed E-state index contributed by atoms with van der Waals surface area (Å²) in [5, 5.41) is 25.7. The fourth-order valence-corrected chi connectivity index (χ4v) is 2.21. The fraction of sp³-hybridized carbons (Fsp3) is 0.125. The molecular formula is C16H13N3O5. The Morgan fingerprint density at radius 1 is 1.25 bits per heavy atom. The summed E-state index contributed by atoms with van der Waals surface area (Å²) < 4.78 is 5.14. The van der Waals surface area contributed by atoms with E-state index in [2.05, 4.69) is 15.5 Å². The first-order valence-electron chi connectivity index (χ1n) is 7.05. The number of carboxylic acid groups (broad SMARTS) is 1. The van der Waals surface area contributed by atoms with Crippen molar-refractivity contribution >= 4 is 22.8 Å². The number of benzene rings is 1. The van der Waals surface area contributed by atoms with Crippen molar-refractivity contribution in [3.63, 3.8) is 0 Å². The highest BCUT2D eigenvalue weighted by Crippen LogP contribution is 2.35. The molecule has 0 bridgehead atoms. The fourth-order valence-electron chi connectivity index (χ4n) is 2.21. The smallest absolute Gasteiger partial charge is 0.325 e. The number of pyridine rings is 1. The number of fused-ring (bicyclic) bond motifs is 1. The molecule has 0 radical (unpaired) electrons. The average Bonchev–Trinajstić information content (AvgIpc) is 3.00. The number of carboxylic acids is 1. The summed E-state index contributed by atoms with van der Waals surface area (Å²) in [5.41, 5.74) is 0.985. The van der Waals surface area contributed by atoms with Crippen LogP contribution in [0.5, 0.6) is 5.75 Å². The molecule has 0 unspecified atom stereocenters. The van der Waals surface area contributed by atoms with Crippen molar-refractivity contribution in [2.24, 2.45) is 0 Å². The van der Waals surface area contributed by atoms with Crippen molar-refractivity contribution in [2.45, 2.75) is 13.0 Å². The molecule has 0 aliphatic rings. The van der Waals surface area contributed by atoms with Gasteiger partial charge in [-0.1, -0.05) is 35.5 Å². The summed E-state index contributed by atoms with van der Waals surface area (Å²) in [4.78, 5) is 26.8. The number of hydrogen-bond donors (Lipinski definition) is 3. The third kappa shape index (κ3) is 2.65. The molecule has 1 atom stereocenters. The Morgan fingerprint density at radius 2 is 1.96 bits per heavy atom. The van der Waals surface area contributed by atoms with Gasteiger partial charge in [-0.3, -0.25) is 9.59 Å². The van der Waals surface area contributed by atoms with Crippen LogP contribution in [0, 0.1) is 0 Å². The van der Waals surface area contributed by atoms with Crippen LogP contribution in [0.15, 0.2) is 41.1 Å². The lowest BCUT2D eigenvalue weighted by molar-refractivity contribution is -0.138. The SMILES string of the molecule is C[C@H](NC(=O)c1ncc2onc(-c3ccccc3)c2c1O)C(=O)O. The summed E-state index contributed by atoms with van der Waals surface area (Å²) in [7, 11) is 0. The van der Waals surface area contributed by atoms with E-state index in [0.29, 0.717) is 11.3 Å². The zero-order valence-electron chi connectivity index (χ0n) is 12.6. The van der Waals surface area contributed by atoms with Crippen LogP contribution < -0.4 is 5.32 Å². The minimum absolute atomic E-state index is 0.217. The molecule has 0 saturated carbocycles. The number of nitrogens with zero attached hydrogens (tertiary/aromatic N) is 2. The van der Waals surface area contributed by atoms with E-state index in [4.69, 9.17) is 9.63 Å². The van der Waals surface area contributed by atoms with Crippen LogP contribution in [-0.4, -0.2) is 38.3 Å². The van der Waals surface area contributed by atoms with E-state index >= 15 is 0 Å². The lowest BCUT2D eigenvalue weighted by Gasteiger charge is -2.09. The van der Waals surface area contributed by atoms with Crippen LogP contribution >= 0.6 is 0 Å². The number of carbonyl (C=O) groups is 2. The first-order valence-corrected chi connectivity index (χ1v) is 7.05. The largest absolute Gasteiger partial charge is 0.505 e. The third-order valence-corrected chi connectivity index (χ3v) is 3.47. The van der Waals surface area contributed by atoms with E-state index in [-0.39, 0.29) is 16.7 Å².